The second-order valence-electron chi connectivity index (χ2n) is 7.17. The van der Waals surface area contributed by atoms with Gasteiger partial charge in [-0.3, -0.25) is 9.69 Å². The topological polar surface area (TPSA) is 51.1 Å². The molecule has 0 fully saturated rings. The van der Waals surface area contributed by atoms with Crippen molar-refractivity contribution in [1.82, 2.24) is 0 Å². The lowest BCUT2D eigenvalue weighted by Crippen LogP contribution is -2.32. The van der Waals surface area contributed by atoms with E-state index in [1.165, 1.54) is 0 Å². The Labute approximate surface area is 182 Å². The smallest absolute Gasteiger partial charge is 0.282 e. The predicted octanol–water partition coefficient (Wildman–Crippen LogP) is 5.24. The molecule has 31 heavy (non-hydrogen) atoms. The summed E-state index contributed by atoms with van der Waals surface area (Å²) in [6.07, 6.45) is 1.80. The van der Waals surface area contributed by atoms with Gasteiger partial charge < -0.3 is 9.47 Å². The van der Waals surface area contributed by atoms with Gasteiger partial charge in [0.15, 0.2) is 0 Å². The Balaban J connectivity index is 1.75. The third-order valence-electron chi connectivity index (χ3n) is 5.00. The standard InChI is InChI=1S/C26H24N2O3/c1-4-31-23-15-11-21(12-16-23)28-25(20-9-5-18(2)6-10-20)27-24(26(28)29)17-19-7-13-22(30-3)14-8-19/h5-17H,4H2,1-3H3/b24-17+. The molecule has 4 rings (SSSR count). The molecule has 1 amide bonds. The fraction of sp³-hybridized carbons (Fsp3) is 0.154. The van der Waals surface area contributed by atoms with Crippen molar-refractivity contribution in [2.75, 3.05) is 18.6 Å². The largest absolute Gasteiger partial charge is 0.497 e. The molecule has 5 nitrogen and oxygen atoms in total. The molecule has 1 aliphatic rings. The second-order valence-corrected chi connectivity index (χ2v) is 7.17. The molecule has 0 unspecified atom stereocenters. The van der Waals surface area contributed by atoms with Crippen molar-refractivity contribution in [2.24, 2.45) is 4.99 Å². The molecule has 0 saturated carbocycles. The van der Waals surface area contributed by atoms with Gasteiger partial charge in [-0.05, 0) is 61.9 Å². The number of carbonyl (C=O) groups excluding carboxylic acids is 1. The molecule has 5 heteroatoms. The summed E-state index contributed by atoms with van der Waals surface area (Å²) in [4.78, 5) is 19.7. The van der Waals surface area contributed by atoms with Crippen molar-refractivity contribution >= 4 is 23.5 Å². The van der Waals surface area contributed by atoms with E-state index < -0.39 is 0 Å². The van der Waals surface area contributed by atoms with Crippen molar-refractivity contribution < 1.29 is 14.3 Å². The monoisotopic (exact) mass is 412 g/mol. The van der Waals surface area contributed by atoms with Crippen molar-refractivity contribution in [3.05, 3.63) is 95.2 Å². The van der Waals surface area contributed by atoms with Crippen LogP contribution in [0, 0.1) is 6.92 Å². The highest BCUT2D eigenvalue weighted by Gasteiger charge is 2.32. The summed E-state index contributed by atoms with van der Waals surface area (Å²) in [6, 6.07) is 23.0. The van der Waals surface area contributed by atoms with Gasteiger partial charge in [0.25, 0.3) is 5.91 Å². The molecule has 3 aromatic rings. The highest BCUT2D eigenvalue weighted by Crippen LogP contribution is 2.29. The molecule has 156 valence electrons. The summed E-state index contributed by atoms with van der Waals surface area (Å²) in [7, 11) is 1.63. The fourth-order valence-corrected chi connectivity index (χ4v) is 3.37. The Kier molecular flexibility index (Phi) is 5.85. The molecular formula is C26H24N2O3. The van der Waals surface area contributed by atoms with Crippen molar-refractivity contribution in [3.8, 4) is 11.5 Å². The van der Waals surface area contributed by atoms with Gasteiger partial charge in [-0.15, -0.1) is 0 Å². The van der Waals surface area contributed by atoms with E-state index in [4.69, 9.17) is 14.5 Å². The lowest BCUT2D eigenvalue weighted by atomic mass is 10.1. The Morgan fingerprint density at radius 1 is 0.903 bits per heavy atom. The minimum Gasteiger partial charge on any atom is -0.497 e. The number of carbonyl (C=O) groups is 1. The van der Waals surface area contributed by atoms with Crippen LogP contribution in [-0.4, -0.2) is 25.5 Å². The quantitative estimate of drug-likeness (QED) is 0.521. The van der Waals surface area contributed by atoms with Gasteiger partial charge >= 0.3 is 0 Å². The summed E-state index contributed by atoms with van der Waals surface area (Å²) >= 11 is 0. The highest BCUT2D eigenvalue weighted by molar-refractivity contribution is 6.33. The number of amides is 1. The highest BCUT2D eigenvalue weighted by atomic mass is 16.5. The van der Waals surface area contributed by atoms with Crippen molar-refractivity contribution in [3.63, 3.8) is 0 Å². The molecule has 1 aliphatic heterocycles. The maximum atomic E-state index is 13.4. The number of methoxy groups -OCH3 is 1. The Morgan fingerprint density at radius 3 is 2.16 bits per heavy atom. The average Bonchev–Trinajstić information content (AvgIpc) is 3.11. The summed E-state index contributed by atoms with van der Waals surface area (Å²) in [5.74, 6) is 1.96. The Morgan fingerprint density at radius 2 is 1.55 bits per heavy atom. The summed E-state index contributed by atoms with van der Waals surface area (Å²) in [5, 5.41) is 0. The van der Waals surface area contributed by atoms with E-state index in [1.807, 2.05) is 86.6 Å². The van der Waals surface area contributed by atoms with Gasteiger partial charge in [-0.1, -0.05) is 42.0 Å². The van der Waals surface area contributed by atoms with Crippen LogP contribution >= 0.6 is 0 Å². The predicted molar refractivity (Wildman–Crippen MR) is 124 cm³/mol. The van der Waals surface area contributed by atoms with Crippen LogP contribution in [0.5, 0.6) is 11.5 Å². The van der Waals surface area contributed by atoms with Gasteiger partial charge in [0, 0.05) is 5.56 Å². The second kappa shape index (κ2) is 8.88. The number of amidine groups is 1. The number of benzene rings is 3. The number of aliphatic imine (C=N–C) groups is 1. The van der Waals surface area contributed by atoms with Crippen LogP contribution in [0.4, 0.5) is 5.69 Å². The maximum Gasteiger partial charge on any atom is 0.282 e. The van der Waals surface area contributed by atoms with E-state index in [9.17, 15) is 4.79 Å². The number of hydrogen-bond donors (Lipinski definition) is 0. The number of anilines is 1. The van der Waals surface area contributed by atoms with Crippen LogP contribution in [0.3, 0.4) is 0 Å². The zero-order valence-electron chi connectivity index (χ0n) is 17.8. The maximum absolute atomic E-state index is 13.4. The Hall–Kier alpha value is -3.86. The number of hydrogen-bond acceptors (Lipinski definition) is 4. The van der Waals surface area contributed by atoms with Gasteiger partial charge in [-0.25, -0.2) is 4.99 Å². The lowest BCUT2D eigenvalue weighted by Gasteiger charge is -2.19. The van der Waals surface area contributed by atoms with E-state index in [1.54, 1.807) is 18.1 Å². The minimum absolute atomic E-state index is 0.171. The van der Waals surface area contributed by atoms with Crippen LogP contribution in [0.1, 0.15) is 23.6 Å². The van der Waals surface area contributed by atoms with Crippen LogP contribution in [0.2, 0.25) is 0 Å². The van der Waals surface area contributed by atoms with Crippen LogP contribution in [0.15, 0.2) is 83.5 Å². The van der Waals surface area contributed by atoms with Crippen molar-refractivity contribution in [1.29, 1.82) is 0 Å². The molecule has 0 N–H and O–H groups in total. The van der Waals surface area contributed by atoms with Gasteiger partial charge in [0.2, 0.25) is 0 Å². The number of ether oxygens (including phenoxy) is 2. The molecule has 0 saturated heterocycles. The summed E-state index contributed by atoms with van der Waals surface area (Å²) in [5.41, 5.74) is 4.03. The van der Waals surface area contributed by atoms with Crippen LogP contribution in [-0.2, 0) is 4.79 Å². The molecule has 1 heterocycles. The van der Waals surface area contributed by atoms with Gasteiger partial charge in [-0.2, -0.15) is 0 Å². The number of nitrogens with zero attached hydrogens (tertiary/aromatic N) is 2. The van der Waals surface area contributed by atoms with Gasteiger partial charge in [0.05, 0.1) is 19.4 Å². The third kappa shape index (κ3) is 4.36. The first kappa shape index (κ1) is 20.4. The first-order chi connectivity index (χ1) is 15.1. The fourth-order valence-electron chi connectivity index (χ4n) is 3.37. The molecule has 0 spiro atoms. The summed E-state index contributed by atoms with van der Waals surface area (Å²) < 4.78 is 10.8. The zero-order valence-corrected chi connectivity index (χ0v) is 17.8. The first-order valence-corrected chi connectivity index (χ1v) is 10.2. The van der Waals surface area contributed by atoms with Crippen molar-refractivity contribution in [2.45, 2.75) is 13.8 Å². The first-order valence-electron chi connectivity index (χ1n) is 10.2. The van der Waals surface area contributed by atoms with Gasteiger partial charge in [0.1, 0.15) is 23.0 Å². The molecule has 0 bridgehead atoms. The normalized spacial score (nSPS) is 14.7. The van der Waals surface area contributed by atoms with E-state index >= 15 is 0 Å². The number of aryl methyl sites for hydroxylation is 1. The van der Waals surface area contributed by atoms with E-state index in [-0.39, 0.29) is 5.91 Å². The molecule has 0 radical (unpaired) electrons. The zero-order chi connectivity index (χ0) is 21.8. The van der Waals surface area contributed by atoms with Crippen LogP contribution in [0.25, 0.3) is 6.08 Å². The van der Waals surface area contributed by atoms with E-state index in [2.05, 4.69) is 0 Å². The lowest BCUT2D eigenvalue weighted by molar-refractivity contribution is -0.113. The molecule has 3 aromatic carbocycles. The SMILES string of the molecule is CCOc1ccc(N2C(=O)/C(=C\c3ccc(OC)cc3)N=C2c2ccc(C)cc2)cc1. The molecule has 0 aromatic heterocycles. The third-order valence-corrected chi connectivity index (χ3v) is 5.00. The molecule has 0 aliphatic carbocycles. The molecular weight excluding hydrogens is 388 g/mol. The van der Waals surface area contributed by atoms with E-state index in [0.717, 1.165) is 33.9 Å². The number of rotatable bonds is 6. The molecule has 0 atom stereocenters. The minimum atomic E-state index is -0.171. The average molecular weight is 412 g/mol. The van der Waals surface area contributed by atoms with Crippen LogP contribution < -0.4 is 14.4 Å². The summed E-state index contributed by atoms with van der Waals surface area (Å²) in [6.45, 7) is 4.56. The Bertz CT molecular complexity index is 1130. The van der Waals surface area contributed by atoms with E-state index in [0.29, 0.717) is 18.1 Å².